The molecule has 5 nitrogen and oxygen atoms in total. The number of hydrogen-bond acceptors (Lipinski definition) is 4. The second kappa shape index (κ2) is 8.86. The van der Waals surface area contributed by atoms with Crippen LogP contribution in [0.15, 0.2) is 77.5 Å². The zero-order valence-electron chi connectivity index (χ0n) is 15.3. The number of nitrogens with one attached hydrogen (secondary N) is 1. The van der Waals surface area contributed by atoms with Crippen LogP contribution in [0.1, 0.15) is 20.8 Å². The molecule has 0 radical (unpaired) electrons. The fourth-order valence-electron chi connectivity index (χ4n) is 2.54. The smallest absolute Gasteiger partial charge is 0.255 e. The normalized spacial score (nSPS) is 11.5. The van der Waals surface area contributed by atoms with E-state index in [0.29, 0.717) is 17.8 Å². The highest BCUT2D eigenvalue weighted by atomic mass is 32.2. The molecule has 0 spiro atoms. The molecule has 1 N–H and O–H groups in total. The summed E-state index contributed by atoms with van der Waals surface area (Å²) in [6.45, 7) is 0.537. The van der Waals surface area contributed by atoms with Crippen LogP contribution in [0.4, 0.5) is 5.69 Å². The summed E-state index contributed by atoms with van der Waals surface area (Å²) in [5.74, 6) is -0.119. The Labute approximate surface area is 169 Å². The van der Waals surface area contributed by atoms with E-state index in [9.17, 15) is 13.2 Å². The quantitative estimate of drug-likeness (QED) is 0.624. The number of hydrogen-bond donors (Lipinski definition) is 1. The summed E-state index contributed by atoms with van der Waals surface area (Å²) in [4.78, 5) is 15.2. The number of carbonyl (C=O) groups is 1. The minimum absolute atomic E-state index is 0.119. The van der Waals surface area contributed by atoms with E-state index in [0.717, 1.165) is 15.8 Å². The Bertz CT molecular complexity index is 1040. The first-order valence-corrected chi connectivity index (χ1v) is 11.0. The predicted octanol–water partition coefficient (Wildman–Crippen LogP) is 4.43. The average molecular weight is 413 g/mol. The lowest BCUT2D eigenvalue weighted by molar-refractivity contribution is 0.0786. The molecule has 0 unspecified atom stereocenters. The van der Waals surface area contributed by atoms with Crippen LogP contribution in [0, 0.1) is 0 Å². The molecule has 0 aliphatic carbocycles. The lowest BCUT2D eigenvalue weighted by Gasteiger charge is -2.16. The molecule has 2 aromatic carbocycles. The van der Waals surface area contributed by atoms with Crippen LogP contribution < -0.4 is 4.72 Å². The van der Waals surface area contributed by atoms with E-state index >= 15 is 0 Å². The van der Waals surface area contributed by atoms with Crippen LogP contribution in [-0.2, 0) is 16.6 Å². The van der Waals surface area contributed by atoms with E-state index in [4.69, 9.17) is 0 Å². The molecule has 0 aliphatic heterocycles. The second-order valence-corrected chi connectivity index (χ2v) is 8.78. The van der Waals surface area contributed by atoms with Crippen molar-refractivity contribution in [3.05, 3.63) is 93.5 Å². The molecule has 3 rings (SSSR count). The fourth-order valence-corrected chi connectivity index (χ4v) is 4.17. The second-order valence-electron chi connectivity index (χ2n) is 6.18. The summed E-state index contributed by atoms with van der Waals surface area (Å²) in [5, 5.41) is 3.09. The van der Waals surface area contributed by atoms with Crippen molar-refractivity contribution < 1.29 is 13.2 Å². The van der Waals surface area contributed by atoms with Crippen molar-refractivity contribution in [1.29, 1.82) is 0 Å². The van der Waals surface area contributed by atoms with Gasteiger partial charge in [0.15, 0.2) is 0 Å². The molecule has 0 saturated carbocycles. The minimum atomic E-state index is -3.64. The first kappa shape index (κ1) is 19.9. The average Bonchev–Trinajstić information content (AvgIpc) is 3.20. The van der Waals surface area contributed by atoms with E-state index in [1.807, 2.05) is 47.8 Å². The summed E-state index contributed by atoms with van der Waals surface area (Å²) < 4.78 is 26.9. The molecule has 28 heavy (non-hydrogen) atoms. The molecule has 0 fully saturated rings. The maximum absolute atomic E-state index is 12.5. The van der Waals surface area contributed by atoms with Crippen LogP contribution in [0.5, 0.6) is 0 Å². The number of amides is 1. The highest BCUT2D eigenvalue weighted by Gasteiger charge is 2.13. The summed E-state index contributed by atoms with van der Waals surface area (Å²) in [6, 6.07) is 19.5. The number of carbonyl (C=O) groups excluding carboxylic acids is 1. The van der Waals surface area contributed by atoms with Gasteiger partial charge in [-0.25, -0.2) is 8.42 Å². The maximum Gasteiger partial charge on any atom is 0.255 e. The third kappa shape index (κ3) is 5.55. The van der Waals surface area contributed by atoms with E-state index < -0.39 is 10.0 Å². The molecular weight excluding hydrogens is 392 g/mol. The van der Waals surface area contributed by atoms with Gasteiger partial charge in [0.2, 0.25) is 0 Å². The van der Waals surface area contributed by atoms with Gasteiger partial charge >= 0.3 is 0 Å². The van der Waals surface area contributed by atoms with E-state index in [-0.39, 0.29) is 5.91 Å². The Hall–Kier alpha value is -2.90. The maximum atomic E-state index is 12.5. The Morgan fingerprint density at radius 1 is 1.04 bits per heavy atom. The van der Waals surface area contributed by atoms with Gasteiger partial charge in [0, 0.05) is 23.2 Å². The number of sulfonamides is 1. The van der Waals surface area contributed by atoms with E-state index in [1.165, 1.54) is 6.08 Å². The number of rotatable bonds is 7. The summed E-state index contributed by atoms with van der Waals surface area (Å²) in [6.07, 6.45) is 1.53. The minimum Gasteiger partial charge on any atom is -0.337 e. The van der Waals surface area contributed by atoms with Crippen molar-refractivity contribution in [1.82, 2.24) is 4.90 Å². The van der Waals surface area contributed by atoms with Gasteiger partial charge in [-0.1, -0.05) is 36.4 Å². The van der Waals surface area contributed by atoms with Crippen molar-refractivity contribution in [3.63, 3.8) is 0 Å². The van der Waals surface area contributed by atoms with Crippen molar-refractivity contribution in [2.45, 2.75) is 6.54 Å². The molecule has 0 atom stereocenters. The predicted molar refractivity (Wildman–Crippen MR) is 115 cm³/mol. The zero-order valence-corrected chi connectivity index (χ0v) is 16.9. The Morgan fingerprint density at radius 3 is 2.39 bits per heavy atom. The van der Waals surface area contributed by atoms with Gasteiger partial charge in [-0.05, 0) is 47.4 Å². The van der Waals surface area contributed by atoms with Gasteiger partial charge in [0.05, 0.1) is 12.0 Å². The first-order chi connectivity index (χ1) is 13.4. The van der Waals surface area contributed by atoms with Gasteiger partial charge < -0.3 is 4.90 Å². The van der Waals surface area contributed by atoms with Crippen LogP contribution >= 0.6 is 11.3 Å². The van der Waals surface area contributed by atoms with E-state index in [2.05, 4.69) is 4.72 Å². The fraction of sp³-hybridized carbons (Fsp3) is 0.0952. The van der Waals surface area contributed by atoms with Gasteiger partial charge in [0.1, 0.15) is 0 Å². The van der Waals surface area contributed by atoms with Gasteiger partial charge in [-0.15, -0.1) is 11.3 Å². The summed E-state index contributed by atoms with van der Waals surface area (Å²) in [5.41, 5.74) is 1.69. The number of nitrogens with zero attached hydrogens (tertiary/aromatic N) is 1. The molecule has 1 amide bonds. The zero-order chi connectivity index (χ0) is 20.0. The molecule has 1 aromatic heterocycles. The molecule has 1 heterocycles. The highest BCUT2D eigenvalue weighted by Crippen LogP contribution is 2.16. The van der Waals surface area contributed by atoms with E-state index in [1.54, 1.807) is 47.5 Å². The Kier molecular flexibility index (Phi) is 6.28. The van der Waals surface area contributed by atoms with Gasteiger partial charge in [-0.3, -0.25) is 9.52 Å². The molecule has 7 heteroatoms. The monoisotopic (exact) mass is 412 g/mol. The van der Waals surface area contributed by atoms with Crippen molar-refractivity contribution in [2.75, 3.05) is 11.8 Å². The van der Waals surface area contributed by atoms with Gasteiger partial charge in [0.25, 0.3) is 15.9 Å². The Morgan fingerprint density at radius 2 is 1.75 bits per heavy atom. The highest BCUT2D eigenvalue weighted by molar-refractivity contribution is 7.95. The molecular formula is C21H20N2O3S2. The summed E-state index contributed by atoms with van der Waals surface area (Å²) in [7, 11) is -1.90. The Balaban J connectivity index is 1.63. The van der Waals surface area contributed by atoms with Crippen molar-refractivity contribution in [3.8, 4) is 0 Å². The summed E-state index contributed by atoms with van der Waals surface area (Å²) >= 11 is 1.60. The lowest BCUT2D eigenvalue weighted by atomic mass is 10.2. The van der Waals surface area contributed by atoms with Crippen LogP contribution in [0.25, 0.3) is 6.08 Å². The van der Waals surface area contributed by atoms with Crippen LogP contribution in [0.2, 0.25) is 0 Å². The van der Waals surface area contributed by atoms with Crippen molar-refractivity contribution in [2.24, 2.45) is 0 Å². The van der Waals surface area contributed by atoms with Crippen molar-refractivity contribution >= 4 is 39.0 Å². The molecule has 144 valence electrons. The third-order valence-electron chi connectivity index (χ3n) is 3.95. The number of thiophene rings is 1. The van der Waals surface area contributed by atoms with Crippen LogP contribution in [-0.4, -0.2) is 26.3 Å². The molecule has 3 aromatic rings. The van der Waals surface area contributed by atoms with Crippen LogP contribution in [0.3, 0.4) is 0 Å². The molecule has 0 saturated heterocycles. The van der Waals surface area contributed by atoms with Gasteiger partial charge in [-0.2, -0.15) is 0 Å². The standard InChI is InChI=1S/C21H20N2O3S2/c1-23(16-20-8-5-14-27-20)21(24)18-9-11-19(12-10-18)22-28(25,26)15-13-17-6-3-2-4-7-17/h2-15,22H,16H2,1H3/b15-13+. The molecule has 0 bridgehead atoms. The topological polar surface area (TPSA) is 66.5 Å². The first-order valence-electron chi connectivity index (χ1n) is 8.57. The lowest BCUT2D eigenvalue weighted by Crippen LogP contribution is -2.25. The third-order valence-corrected chi connectivity index (χ3v) is 5.83. The number of benzene rings is 2. The largest absolute Gasteiger partial charge is 0.337 e. The molecule has 0 aliphatic rings. The number of anilines is 1. The SMILES string of the molecule is CN(Cc1cccs1)C(=O)c1ccc(NS(=O)(=O)/C=C/c2ccccc2)cc1.